The molecule has 0 aliphatic heterocycles. The summed E-state index contributed by atoms with van der Waals surface area (Å²) >= 11 is 0. The molecule has 0 amide bonds. The van der Waals surface area contributed by atoms with Crippen LogP contribution in [0.25, 0.3) is 0 Å². The molecular formula is C14H18F4O. The Labute approximate surface area is 110 Å². The highest BCUT2D eigenvalue weighted by atomic mass is 19.4. The van der Waals surface area contributed by atoms with Crippen molar-refractivity contribution in [2.75, 3.05) is 0 Å². The number of aliphatic hydroxyl groups is 1. The summed E-state index contributed by atoms with van der Waals surface area (Å²) in [5.41, 5.74) is -1.11. The zero-order valence-corrected chi connectivity index (χ0v) is 11.2. The van der Waals surface area contributed by atoms with E-state index in [1.54, 1.807) is 0 Å². The Morgan fingerprint density at radius 1 is 1.16 bits per heavy atom. The monoisotopic (exact) mass is 278 g/mol. The van der Waals surface area contributed by atoms with Crippen LogP contribution in [-0.4, -0.2) is 11.2 Å². The van der Waals surface area contributed by atoms with Crippen molar-refractivity contribution in [2.45, 2.75) is 45.9 Å². The predicted molar refractivity (Wildman–Crippen MR) is 65.2 cm³/mol. The van der Waals surface area contributed by atoms with E-state index < -0.39 is 23.7 Å². The molecule has 108 valence electrons. The maximum atomic E-state index is 13.3. The molecule has 0 aliphatic carbocycles. The van der Waals surface area contributed by atoms with Crippen LogP contribution in [0.5, 0.6) is 0 Å². The Hall–Kier alpha value is -1.10. The Morgan fingerprint density at radius 2 is 1.74 bits per heavy atom. The van der Waals surface area contributed by atoms with Crippen molar-refractivity contribution >= 4 is 0 Å². The number of aryl methyl sites for hydroxylation is 1. The maximum Gasteiger partial charge on any atom is 0.419 e. The van der Waals surface area contributed by atoms with Gasteiger partial charge in [0.2, 0.25) is 0 Å². The molecule has 0 aromatic heterocycles. The molecule has 5 heteroatoms. The second-order valence-electron chi connectivity index (χ2n) is 5.73. The molecule has 1 unspecified atom stereocenters. The van der Waals surface area contributed by atoms with Crippen LogP contribution in [0.4, 0.5) is 17.6 Å². The van der Waals surface area contributed by atoms with Crippen molar-refractivity contribution in [2.24, 2.45) is 5.41 Å². The smallest absolute Gasteiger partial charge is 0.393 e. The minimum absolute atomic E-state index is 0.301. The number of rotatable bonds is 3. The third kappa shape index (κ3) is 4.49. The van der Waals surface area contributed by atoms with Crippen LogP contribution in [0.2, 0.25) is 0 Å². The van der Waals surface area contributed by atoms with Gasteiger partial charge in [-0.3, -0.25) is 0 Å². The van der Waals surface area contributed by atoms with E-state index in [0.717, 1.165) is 12.1 Å². The molecular weight excluding hydrogens is 260 g/mol. The maximum absolute atomic E-state index is 13.3. The Balaban J connectivity index is 2.75. The van der Waals surface area contributed by atoms with Crippen LogP contribution in [0.15, 0.2) is 18.2 Å². The summed E-state index contributed by atoms with van der Waals surface area (Å²) in [4.78, 5) is 0. The van der Waals surface area contributed by atoms with Crippen LogP contribution in [0.1, 0.15) is 38.3 Å². The summed E-state index contributed by atoms with van der Waals surface area (Å²) in [6.45, 7) is 5.60. The molecule has 1 rings (SSSR count). The fourth-order valence-electron chi connectivity index (χ4n) is 1.68. The summed E-state index contributed by atoms with van der Waals surface area (Å²) in [6.07, 6.45) is -4.53. The van der Waals surface area contributed by atoms with Gasteiger partial charge < -0.3 is 5.11 Å². The first-order chi connectivity index (χ1) is 8.51. The quantitative estimate of drug-likeness (QED) is 0.822. The average Bonchev–Trinajstić information content (AvgIpc) is 2.22. The van der Waals surface area contributed by atoms with Gasteiger partial charge >= 0.3 is 6.18 Å². The molecule has 1 aromatic rings. The van der Waals surface area contributed by atoms with Gasteiger partial charge in [0, 0.05) is 0 Å². The van der Waals surface area contributed by atoms with E-state index in [1.165, 1.54) is 6.07 Å². The van der Waals surface area contributed by atoms with E-state index in [4.69, 9.17) is 0 Å². The normalized spacial score (nSPS) is 14.5. The molecule has 0 radical (unpaired) electrons. The molecule has 0 saturated carbocycles. The molecule has 1 aromatic carbocycles. The van der Waals surface area contributed by atoms with Gasteiger partial charge in [0.25, 0.3) is 0 Å². The summed E-state index contributed by atoms with van der Waals surface area (Å²) in [5.74, 6) is -1.27. The van der Waals surface area contributed by atoms with E-state index in [-0.39, 0.29) is 5.41 Å². The molecule has 0 heterocycles. The van der Waals surface area contributed by atoms with Crippen molar-refractivity contribution in [3.8, 4) is 0 Å². The molecule has 0 spiro atoms. The number of hydrogen-bond donors (Lipinski definition) is 1. The highest BCUT2D eigenvalue weighted by molar-refractivity contribution is 5.26. The third-order valence-electron chi connectivity index (χ3n) is 3.05. The van der Waals surface area contributed by atoms with E-state index in [1.807, 2.05) is 20.8 Å². The van der Waals surface area contributed by atoms with E-state index >= 15 is 0 Å². The third-order valence-corrected chi connectivity index (χ3v) is 3.05. The standard InChI is InChI=1S/C14H18F4O/c1-13(2,3)12(19)7-5-9-4-6-10(11(15)8-9)14(16,17)18/h4,6,8,12,19H,5,7H2,1-3H3. The molecule has 19 heavy (non-hydrogen) atoms. The highest BCUT2D eigenvalue weighted by Crippen LogP contribution is 2.32. The lowest BCUT2D eigenvalue weighted by Gasteiger charge is -2.25. The summed E-state index contributed by atoms with van der Waals surface area (Å²) in [7, 11) is 0. The minimum Gasteiger partial charge on any atom is -0.393 e. The summed E-state index contributed by atoms with van der Waals surface area (Å²) in [5, 5.41) is 9.83. The SMILES string of the molecule is CC(C)(C)C(O)CCc1ccc(C(F)(F)F)c(F)c1. The van der Waals surface area contributed by atoms with E-state index in [2.05, 4.69) is 0 Å². The van der Waals surface area contributed by atoms with Gasteiger partial charge in [-0.15, -0.1) is 0 Å². The second-order valence-corrected chi connectivity index (χ2v) is 5.73. The summed E-state index contributed by atoms with van der Waals surface area (Å²) < 4.78 is 50.4. The van der Waals surface area contributed by atoms with Crippen molar-refractivity contribution < 1.29 is 22.7 Å². The zero-order chi connectivity index (χ0) is 14.8. The van der Waals surface area contributed by atoms with Gasteiger partial charge in [0.1, 0.15) is 5.82 Å². The van der Waals surface area contributed by atoms with Crippen LogP contribution >= 0.6 is 0 Å². The van der Waals surface area contributed by atoms with Gasteiger partial charge in [0.05, 0.1) is 11.7 Å². The van der Waals surface area contributed by atoms with Crippen LogP contribution in [-0.2, 0) is 12.6 Å². The predicted octanol–water partition coefficient (Wildman–Crippen LogP) is 4.18. The van der Waals surface area contributed by atoms with E-state index in [9.17, 15) is 22.7 Å². The highest BCUT2D eigenvalue weighted by Gasteiger charge is 2.33. The van der Waals surface area contributed by atoms with Crippen molar-refractivity contribution in [1.82, 2.24) is 0 Å². The molecule has 0 aliphatic rings. The first-order valence-electron chi connectivity index (χ1n) is 6.05. The summed E-state index contributed by atoms with van der Waals surface area (Å²) in [6, 6.07) is 2.88. The van der Waals surface area contributed by atoms with Crippen LogP contribution in [0.3, 0.4) is 0 Å². The Kier molecular flexibility index (Phi) is 4.61. The average molecular weight is 278 g/mol. The number of hydrogen-bond acceptors (Lipinski definition) is 1. The zero-order valence-electron chi connectivity index (χ0n) is 11.2. The number of benzene rings is 1. The molecule has 1 nitrogen and oxygen atoms in total. The van der Waals surface area contributed by atoms with E-state index in [0.29, 0.717) is 18.4 Å². The van der Waals surface area contributed by atoms with Gasteiger partial charge in [-0.05, 0) is 36.0 Å². The molecule has 0 fully saturated rings. The van der Waals surface area contributed by atoms with Crippen molar-refractivity contribution in [3.05, 3.63) is 35.1 Å². The first kappa shape index (κ1) is 16.0. The minimum atomic E-state index is -4.67. The molecule has 1 atom stereocenters. The van der Waals surface area contributed by atoms with Gasteiger partial charge in [0.15, 0.2) is 0 Å². The number of halogens is 4. The van der Waals surface area contributed by atoms with Gasteiger partial charge in [-0.1, -0.05) is 26.8 Å². The topological polar surface area (TPSA) is 20.2 Å². The van der Waals surface area contributed by atoms with Gasteiger partial charge in [-0.25, -0.2) is 4.39 Å². The lowest BCUT2D eigenvalue weighted by Crippen LogP contribution is -2.26. The fourth-order valence-corrected chi connectivity index (χ4v) is 1.68. The van der Waals surface area contributed by atoms with Crippen LogP contribution in [0, 0.1) is 11.2 Å². The molecule has 0 saturated heterocycles. The first-order valence-corrected chi connectivity index (χ1v) is 6.05. The molecule has 0 bridgehead atoms. The van der Waals surface area contributed by atoms with Crippen molar-refractivity contribution in [3.63, 3.8) is 0 Å². The largest absolute Gasteiger partial charge is 0.419 e. The number of aliphatic hydroxyl groups excluding tert-OH is 1. The van der Waals surface area contributed by atoms with Gasteiger partial charge in [-0.2, -0.15) is 13.2 Å². The Morgan fingerprint density at radius 3 is 2.16 bits per heavy atom. The fraction of sp³-hybridized carbons (Fsp3) is 0.571. The van der Waals surface area contributed by atoms with Crippen molar-refractivity contribution in [1.29, 1.82) is 0 Å². The number of alkyl halides is 3. The Bertz CT molecular complexity index is 432. The van der Waals surface area contributed by atoms with Crippen LogP contribution < -0.4 is 0 Å². The second kappa shape index (κ2) is 5.49. The molecule has 1 N–H and O–H groups in total. The lowest BCUT2D eigenvalue weighted by molar-refractivity contribution is -0.140. The lowest BCUT2D eigenvalue weighted by atomic mass is 9.86.